The summed E-state index contributed by atoms with van der Waals surface area (Å²) in [6.45, 7) is 3.99. The van der Waals surface area contributed by atoms with Gasteiger partial charge in [-0.15, -0.1) is 11.6 Å². The molecule has 5 heteroatoms. The summed E-state index contributed by atoms with van der Waals surface area (Å²) in [6.07, 6.45) is 4.36. The van der Waals surface area contributed by atoms with Crippen molar-refractivity contribution in [1.82, 2.24) is 4.31 Å². The van der Waals surface area contributed by atoms with Crippen LogP contribution in [-0.4, -0.2) is 25.8 Å². The fourth-order valence-corrected chi connectivity index (χ4v) is 5.29. The van der Waals surface area contributed by atoms with Gasteiger partial charge in [0.1, 0.15) is 0 Å². The first-order valence-electron chi connectivity index (χ1n) is 7.52. The van der Waals surface area contributed by atoms with Crippen LogP contribution in [0.25, 0.3) is 0 Å². The van der Waals surface area contributed by atoms with E-state index in [-0.39, 0.29) is 6.04 Å². The number of nitrogens with zero attached hydrogens (tertiary/aromatic N) is 1. The van der Waals surface area contributed by atoms with Crippen molar-refractivity contribution in [1.29, 1.82) is 0 Å². The van der Waals surface area contributed by atoms with E-state index in [0.29, 0.717) is 16.7 Å². The summed E-state index contributed by atoms with van der Waals surface area (Å²) in [5.74, 6) is 0.744. The normalized spacial score (nSPS) is 23.5. The summed E-state index contributed by atoms with van der Waals surface area (Å²) in [7, 11) is -1.74. The molecule has 1 aromatic rings. The van der Waals surface area contributed by atoms with Gasteiger partial charge in [-0.05, 0) is 42.9 Å². The van der Waals surface area contributed by atoms with Gasteiger partial charge in [-0.1, -0.05) is 31.9 Å². The third-order valence-electron chi connectivity index (χ3n) is 4.73. The highest BCUT2D eigenvalue weighted by Gasteiger charge is 2.33. The molecule has 1 aliphatic carbocycles. The van der Waals surface area contributed by atoms with Gasteiger partial charge in [0.2, 0.25) is 10.0 Å². The molecule has 1 fully saturated rings. The van der Waals surface area contributed by atoms with Crippen LogP contribution in [0.1, 0.15) is 43.7 Å². The second kappa shape index (κ2) is 6.67. The maximum Gasteiger partial charge on any atom is 0.243 e. The minimum Gasteiger partial charge on any atom is -0.207 e. The number of halogens is 1. The Hall–Kier alpha value is -0.580. The predicted molar refractivity (Wildman–Crippen MR) is 87.1 cm³/mol. The molecule has 118 valence electrons. The van der Waals surface area contributed by atoms with Gasteiger partial charge >= 0.3 is 0 Å². The number of hydrogen-bond donors (Lipinski definition) is 0. The quantitative estimate of drug-likeness (QED) is 0.785. The summed E-state index contributed by atoms with van der Waals surface area (Å²) in [5.41, 5.74) is 1.64. The molecule has 2 unspecified atom stereocenters. The van der Waals surface area contributed by atoms with E-state index in [1.54, 1.807) is 23.5 Å². The van der Waals surface area contributed by atoms with E-state index in [9.17, 15) is 8.42 Å². The summed E-state index contributed by atoms with van der Waals surface area (Å²) in [4.78, 5) is 0.390. The fraction of sp³-hybridized carbons (Fsp3) is 0.625. The van der Waals surface area contributed by atoms with Gasteiger partial charge < -0.3 is 0 Å². The molecule has 0 bridgehead atoms. The molecule has 1 aliphatic rings. The van der Waals surface area contributed by atoms with Crippen molar-refractivity contribution in [3.63, 3.8) is 0 Å². The Balaban J connectivity index is 2.37. The molecule has 0 N–H and O–H groups in total. The molecule has 2 atom stereocenters. The van der Waals surface area contributed by atoms with Crippen LogP contribution in [-0.2, 0) is 15.9 Å². The molecule has 1 aromatic carbocycles. The van der Waals surface area contributed by atoms with Crippen LogP contribution in [0, 0.1) is 12.8 Å². The lowest BCUT2D eigenvalue weighted by Gasteiger charge is -2.35. The molecular formula is C16H24ClNO2S. The molecule has 0 amide bonds. The molecule has 2 rings (SSSR count). The van der Waals surface area contributed by atoms with E-state index >= 15 is 0 Å². The third kappa shape index (κ3) is 3.27. The molecule has 0 spiro atoms. The topological polar surface area (TPSA) is 37.4 Å². The van der Waals surface area contributed by atoms with Gasteiger partial charge in [0.25, 0.3) is 0 Å². The van der Waals surface area contributed by atoms with Crippen LogP contribution in [0.3, 0.4) is 0 Å². The first-order chi connectivity index (χ1) is 9.89. The molecule has 21 heavy (non-hydrogen) atoms. The van der Waals surface area contributed by atoms with Gasteiger partial charge in [-0.25, -0.2) is 8.42 Å². The van der Waals surface area contributed by atoms with Crippen molar-refractivity contribution in [3.05, 3.63) is 29.3 Å². The van der Waals surface area contributed by atoms with E-state index in [2.05, 4.69) is 6.92 Å². The molecule has 1 saturated carbocycles. The molecule has 3 nitrogen and oxygen atoms in total. The SMILES string of the molecule is Cc1c(CCl)cccc1S(=O)(=O)N(C)C1CCCCC1C. The molecule has 0 radical (unpaired) electrons. The lowest BCUT2D eigenvalue weighted by molar-refractivity contribution is 0.213. The van der Waals surface area contributed by atoms with E-state index in [1.165, 1.54) is 6.42 Å². The summed E-state index contributed by atoms with van der Waals surface area (Å²) >= 11 is 5.90. The minimum absolute atomic E-state index is 0.0998. The van der Waals surface area contributed by atoms with Gasteiger partial charge in [-0.3, -0.25) is 0 Å². The maximum absolute atomic E-state index is 12.9. The summed E-state index contributed by atoms with van der Waals surface area (Å²) in [6, 6.07) is 5.44. The average Bonchev–Trinajstić information content (AvgIpc) is 2.47. The Labute approximate surface area is 133 Å². The van der Waals surface area contributed by atoms with Crippen LogP contribution in [0.15, 0.2) is 23.1 Å². The zero-order valence-corrected chi connectivity index (χ0v) is 14.5. The van der Waals surface area contributed by atoms with Crippen LogP contribution in [0.4, 0.5) is 0 Å². The van der Waals surface area contributed by atoms with Gasteiger partial charge in [-0.2, -0.15) is 4.31 Å². The third-order valence-corrected chi connectivity index (χ3v) is 7.05. The second-order valence-electron chi connectivity index (χ2n) is 6.02. The zero-order chi connectivity index (χ0) is 15.6. The largest absolute Gasteiger partial charge is 0.243 e. The van der Waals surface area contributed by atoms with Crippen LogP contribution in [0.5, 0.6) is 0 Å². The van der Waals surface area contributed by atoms with Gasteiger partial charge in [0.15, 0.2) is 0 Å². The average molecular weight is 330 g/mol. The Bertz CT molecular complexity index is 600. The monoisotopic (exact) mass is 329 g/mol. The molecule has 0 aliphatic heterocycles. The first-order valence-corrected chi connectivity index (χ1v) is 9.49. The zero-order valence-electron chi connectivity index (χ0n) is 13.0. The van der Waals surface area contributed by atoms with Crippen molar-refractivity contribution in [2.24, 2.45) is 5.92 Å². The molecule has 0 heterocycles. The summed E-state index contributed by atoms with van der Waals surface area (Å²) < 4.78 is 27.5. The lowest BCUT2D eigenvalue weighted by atomic mass is 9.86. The lowest BCUT2D eigenvalue weighted by Crippen LogP contribution is -2.42. The van der Waals surface area contributed by atoms with Crippen LogP contribution >= 0.6 is 11.6 Å². The van der Waals surface area contributed by atoms with Crippen molar-refractivity contribution >= 4 is 21.6 Å². The molecule has 0 aromatic heterocycles. The highest BCUT2D eigenvalue weighted by molar-refractivity contribution is 7.89. The van der Waals surface area contributed by atoms with E-state index in [0.717, 1.165) is 30.4 Å². The Morgan fingerprint density at radius 1 is 1.29 bits per heavy atom. The smallest absolute Gasteiger partial charge is 0.207 e. The second-order valence-corrected chi connectivity index (χ2v) is 8.26. The van der Waals surface area contributed by atoms with Gasteiger partial charge in [0, 0.05) is 19.0 Å². The number of hydrogen-bond acceptors (Lipinski definition) is 2. The first kappa shape index (κ1) is 16.8. The predicted octanol–water partition coefficient (Wildman–Crippen LogP) is 3.93. The molecular weight excluding hydrogens is 306 g/mol. The standard InChI is InChI=1S/C16H24ClNO2S/c1-12-7-4-5-9-15(12)18(3)21(19,20)16-10-6-8-14(11-17)13(16)2/h6,8,10,12,15H,4-5,7,9,11H2,1-3H3. The number of sulfonamides is 1. The Morgan fingerprint density at radius 2 is 1.95 bits per heavy atom. The highest BCUT2D eigenvalue weighted by atomic mass is 35.5. The number of alkyl halides is 1. The van der Waals surface area contributed by atoms with E-state index < -0.39 is 10.0 Å². The Kier molecular flexibility index (Phi) is 5.33. The highest BCUT2D eigenvalue weighted by Crippen LogP contribution is 2.32. The summed E-state index contributed by atoms with van der Waals surface area (Å²) in [5, 5.41) is 0. The van der Waals surface area contributed by atoms with Crippen molar-refractivity contribution in [2.45, 2.75) is 56.3 Å². The number of rotatable bonds is 4. The fourth-order valence-electron chi connectivity index (χ4n) is 3.25. The van der Waals surface area contributed by atoms with Gasteiger partial charge in [0.05, 0.1) is 4.90 Å². The molecule has 0 saturated heterocycles. The minimum atomic E-state index is -3.46. The van der Waals surface area contributed by atoms with Crippen molar-refractivity contribution in [3.8, 4) is 0 Å². The Morgan fingerprint density at radius 3 is 2.57 bits per heavy atom. The maximum atomic E-state index is 12.9. The van der Waals surface area contributed by atoms with E-state index in [1.807, 2.05) is 13.0 Å². The van der Waals surface area contributed by atoms with Crippen LogP contribution < -0.4 is 0 Å². The number of benzene rings is 1. The van der Waals surface area contributed by atoms with Crippen molar-refractivity contribution in [2.75, 3.05) is 7.05 Å². The van der Waals surface area contributed by atoms with Crippen LogP contribution in [0.2, 0.25) is 0 Å². The van der Waals surface area contributed by atoms with Crippen molar-refractivity contribution < 1.29 is 8.42 Å². The van der Waals surface area contributed by atoms with E-state index in [4.69, 9.17) is 11.6 Å².